The predicted molar refractivity (Wildman–Crippen MR) is 95.8 cm³/mol. The molecule has 4 nitrogen and oxygen atoms in total. The topological polar surface area (TPSA) is 61.5 Å². The molecule has 0 fully saturated rings. The summed E-state index contributed by atoms with van der Waals surface area (Å²) in [4.78, 5) is 11.3. The number of nitrogen functional groups attached to an aromatic ring is 1. The van der Waals surface area contributed by atoms with Crippen LogP contribution >= 0.6 is 0 Å². The van der Waals surface area contributed by atoms with Crippen LogP contribution < -0.4 is 15.2 Å². The van der Waals surface area contributed by atoms with E-state index in [2.05, 4.69) is 12.1 Å². The second-order valence-electron chi connectivity index (χ2n) is 5.48. The minimum Gasteiger partial charge on any atom is -0.489 e. The maximum Gasteiger partial charge on any atom is 0.159 e. The molecule has 0 atom stereocenters. The number of nitrogens with two attached hydrogens (primary N) is 1. The van der Waals surface area contributed by atoms with E-state index in [1.807, 2.05) is 30.3 Å². The summed E-state index contributed by atoms with van der Waals surface area (Å²) in [6.07, 6.45) is 0. The molecular weight excluding hydrogens is 302 g/mol. The van der Waals surface area contributed by atoms with Gasteiger partial charge < -0.3 is 15.2 Å². The Hall–Kier alpha value is -3.01. The van der Waals surface area contributed by atoms with Gasteiger partial charge in [0.1, 0.15) is 24.7 Å². The second-order valence-corrected chi connectivity index (χ2v) is 5.48. The molecule has 0 saturated carbocycles. The molecule has 3 rings (SSSR count). The predicted octanol–water partition coefficient (Wildman–Crippen LogP) is 4.08. The fourth-order valence-electron chi connectivity index (χ4n) is 2.52. The molecule has 0 aliphatic rings. The molecule has 3 aromatic carbocycles. The van der Waals surface area contributed by atoms with E-state index in [0.717, 1.165) is 16.5 Å². The van der Waals surface area contributed by atoms with E-state index in [0.29, 0.717) is 30.2 Å². The lowest BCUT2D eigenvalue weighted by molar-refractivity contribution is 0.101. The van der Waals surface area contributed by atoms with Gasteiger partial charge in [0.25, 0.3) is 0 Å². The maximum atomic E-state index is 11.3. The lowest BCUT2D eigenvalue weighted by atomic mass is 10.1. The van der Waals surface area contributed by atoms with E-state index in [-0.39, 0.29) is 5.78 Å². The van der Waals surface area contributed by atoms with Crippen LogP contribution in [0.2, 0.25) is 0 Å². The number of Topliss-reactive ketones (excluding diaryl/α,β-unsaturated/α-hetero) is 1. The molecule has 2 N–H and O–H groups in total. The van der Waals surface area contributed by atoms with Gasteiger partial charge in [-0.25, -0.2) is 0 Å². The molecular formula is C20H19NO3. The summed E-state index contributed by atoms with van der Waals surface area (Å²) < 4.78 is 11.5. The van der Waals surface area contributed by atoms with Gasteiger partial charge in [-0.15, -0.1) is 0 Å². The number of hydrogen-bond donors (Lipinski definition) is 1. The van der Waals surface area contributed by atoms with Crippen molar-refractivity contribution in [3.63, 3.8) is 0 Å². The van der Waals surface area contributed by atoms with Gasteiger partial charge in [-0.1, -0.05) is 36.4 Å². The molecule has 0 spiro atoms. The molecule has 122 valence electrons. The van der Waals surface area contributed by atoms with Crippen molar-refractivity contribution < 1.29 is 14.3 Å². The summed E-state index contributed by atoms with van der Waals surface area (Å²) in [6, 6.07) is 19.1. The van der Waals surface area contributed by atoms with Crippen molar-refractivity contribution >= 4 is 22.2 Å². The zero-order chi connectivity index (χ0) is 16.9. The lowest BCUT2D eigenvalue weighted by Crippen LogP contribution is -2.10. The first kappa shape index (κ1) is 15.9. The van der Waals surface area contributed by atoms with Gasteiger partial charge in [-0.2, -0.15) is 0 Å². The van der Waals surface area contributed by atoms with Gasteiger partial charge in [-0.3, -0.25) is 4.79 Å². The minimum atomic E-state index is -0.0208. The Morgan fingerprint density at radius 3 is 2.38 bits per heavy atom. The van der Waals surface area contributed by atoms with Crippen molar-refractivity contribution in [2.75, 3.05) is 18.9 Å². The monoisotopic (exact) mass is 321 g/mol. The van der Waals surface area contributed by atoms with Crippen molar-refractivity contribution in [1.29, 1.82) is 0 Å². The van der Waals surface area contributed by atoms with Crippen LogP contribution in [0.1, 0.15) is 17.3 Å². The third-order valence-electron chi connectivity index (χ3n) is 3.76. The Morgan fingerprint density at radius 2 is 1.62 bits per heavy atom. The quantitative estimate of drug-likeness (QED) is 0.422. The van der Waals surface area contributed by atoms with E-state index in [1.54, 1.807) is 18.2 Å². The highest BCUT2D eigenvalue weighted by atomic mass is 16.5. The number of benzene rings is 3. The fourth-order valence-corrected chi connectivity index (χ4v) is 2.52. The van der Waals surface area contributed by atoms with E-state index in [9.17, 15) is 4.79 Å². The number of carbonyl (C=O) groups is 1. The zero-order valence-electron chi connectivity index (χ0n) is 13.5. The highest BCUT2D eigenvalue weighted by Crippen LogP contribution is 2.25. The van der Waals surface area contributed by atoms with Crippen LogP contribution in [0.5, 0.6) is 11.5 Å². The minimum absolute atomic E-state index is 0.0208. The summed E-state index contributed by atoms with van der Waals surface area (Å²) in [7, 11) is 0. The van der Waals surface area contributed by atoms with Crippen LogP contribution in [-0.4, -0.2) is 19.0 Å². The summed E-state index contributed by atoms with van der Waals surface area (Å²) >= 11 is 0. The molecule has 4 heteroatoms. The Kier molecular flexibility index (Phi) is 4.66. The van der Waals surface area contributed by atoms with Crippen molar-refractivity contribution in [3.05, 3.63) is 66.2 Å². The number of hydrogen-bond acceptors (Lipinski definition) is 4. The average Bonchev–Trinajstić information content (AvgIpc) is 2.59. The van der Waals surface area contributed by atoms with Crippen LogP contribution in [0.3, 0.4) is 0 Å². The Labute approximate surface area is 140 Å². The van der Waals surface area contributed by atoms with E-state index >= 15 is 0 Å². The molecule has 0 radical (unpaired) electrons. The molecule has 0 saturated heterocycles. The number of carbonyl (C=O) groups excluding carboxylic acids is 1. The van der Waals surface area contributed by atoms with Gasteiger partial charge in [-0.05, 0) is 36.6 Å². The summed E-state index contributed by atoms with van der Waals surface area (Å²) in [5.74, 6) is 1.37. The second kappa shape index (κ2) is 7.04. The van der Waals surface area contributed by atoms with Crippen LogP contribution in [0.15, 0.2) is 60.7 Å². The number of rotatable bonds is 6. The highest BCUT2D eigenvalue weighted by molar-refractivity contribution is 5.95. The van der Waals surface area contributed by atoms with Crippen molar-refractivity contribution in [3.8, 4) is 11.5 Å². The first-order chi connectivity index (χ1) is 11.6. The van der Waals surface area contributed by atoms with Gasteiger partial charge in [0.2, 0.25) is 0 Å². The van der Waals surface area contributed by atoms with Gasteiger partial charge in [0.05, 0.1) is 5.69 Å². The standard InChI is InChI=1S/C20H19NO3/c1-14(22)16-9-10-20(18(21)13-16)24-12-11-23-19-8-4-6-15-5-2-3-7-17(15)19/h2-10,13H,11-12,21H2,1H3. The normalized spacial score (nSPS) is 10.5. The van der Waals surface area contributed by atoms with E-state index in [4.69, 9.17) is 15.2 Å². The molecule has 3 aromatic rings. The van der Waals surface area contributed by atoms with Crippen LogP contribution in [0.4, 0.5) is 5.69 Å². The van der Waals surface area contributed by atoms with Crippen LogP contribution in [0.25, 0.3) is 10.8 Å². The molecule has 24 heavy (non-hydrogen) atoms. The van der Waals surface area contributed by atoms with Gasteiger partial charge >= 0.3 is 0 Å². The number of ketones is 1. The SMILES string of the molecule is CC(=O)c1ccc(OCCOc2cccc3ccccc23)c(N)c1. The highest BCUT2D eigenvalue weighted by Gasteiger charge is 2.06. The average molecular weight is 321 g/mol. The largest absolute Gasteiger partial charge is 0.489 e. The first-order valence-electron chi connectivity index (χ1n) is 7.79. The molecule has 0 aliphatic heterocycles. The van der Waals surface area contributed by atoms with Crippen molar-refractivity contribution in [2.24, 2.45) is 0 Å². The third-order valence-corrected chi connectivity index (χ3v) is 3.76. The molecule has 0 aromatic heterocycles. The Balaban J connectivity index is 1.60. The number of ether oxygens (including phenoxy) is 2. The van der Waals surface area contributed by atoms with Gasteiger partial charge in [0, 0.05) is 10.9 Å². The number of anilines is 1. The van der Waals surface area contributed by atoms with E-state index < -0.39 is 0 Å². The summed E-state index contributed by atoms with van der Waals surface area (Å²) in [5, 5.41) is 2.21. The van der Waals surface area contributed by atoms with E-state index in [1.165, 1.54) is 6.92 Å². The number of fused-ring (bicyclic) bond motifs is 1. The van der Waals surface area contributed by atoms with Crippen molar-refractivity contribution in [1.82, 2.24) is 0 Å². The Bertz CT molecular complexity index is 868. The fraction of sp³-hybridized carbons (Fsp3) is 0.150. The Morgan fingerprint density at radius 1 is 0.917 bits per heavy atom. The third kappa shape index (κ3) is 3.49. The molecule has 0 bridgehead atoms. The maximum absolute atomic E-state index is 11.3. The smallest absolute Gasteiger partial charge is 0.159 e. The summed E-state index contributed by atoms with van der Waals surface area (Å²) in [6.45, 7) is 2.28. The molecule has 0 aliphatic carbocycles. The molecule has 0 amide bonds. The molecule has 0 heterocycles. The van der Waals surface area contributed by atoms with Gasteiger partial charge in [0.15, 0.2) is 5.78 Å². The zero-order valence-corrected chi connectivity index (χ0v) is 13.5. The molecule has 0 unspecified atom stereocenters. The first-order valence-corrected chi connectivity index (χ1v) is 7.79. The van der Waals surface area contributed by atoms with Crippen LogP contribution in [0, 0.1) is 0 Å². The summed E-state index contributed by atoms with van der Waals surface area (Å²) in [5.41, 5.74) is 6.94. The van der Waals surface area contributed by atoms with Crippen molar-refractivity contribution in [2.45, 2.75) is 6.92 Å². The lowest BCUT2D eigenvalue weighted by Gasteiger charge is -2.12. The van der Waals surface area contributed by atoms with Crippen LogP contribution in [-0.2, 0) is 0 Å².